The number of nitriles is 1. The maximum atomic E-state index is 12.6. The Bertz CT molecular complexity index is 564. The number of thiophene rings is 1. The number of nitrogens with zero attached hydrogens (tertiary/aromatic N) is 1. The minimum absolute atomic E-state index is 0.250. The van der Waals surface area contributed by atoms with Crippen molar-refractivity contribution in [2.75, 3.05) is 0 Å². The van der Waals surface area contributed by atoms with E-state index in [0.29, 0.717) is 10.4 Å². The first kappa shape index (κ1) is 11.7. The second kappa shape index (κ2) is 4.22. The van der Waals surface area contributed by atoms with Gasteiger partial charge in [-0.25, -0.2) is 0 Å². The number of hydrogen-bond acceptors (Lipinski definition) is 2. The first-order chi connectivity index (χ1) is 8.02. The van der Waals surface area contributed by atoms with Gasteiger partial charge in [-0.1, -0.05) is 6.07 Å². The molecule has 0 aliphatic heterocycles. The first-order valence-electron chi connectivity index (χ1n) is 4.67. The van der Waals surface area contributed by atoms with Crippen LogP contribution in [0.1, 0.15) is 11.1 Å². The molecule has 1 heterocycles. The van der Waals surface area contributed by atoms with Gasteiger partial charge in [-0.2, -0.15) is 18.4 Å². The molecule has 1 nitrogen and oxygen atoms in total. The average Bonchev–Trinajstić information content (AvgIpc) is 2.80. The van der Waals surface area contributed by atoms with Crippen LogP contribution >= 0.6 is 11.3 Å². The zero-order valence-electron chi connectivity index (χ0n) is 8.45. The lowest BCUT2D eigenvalue weighted by molar-refractivity contribution is -0.137. The fourth-order valence-corrected chi connectivity index (χ4v) is 2.21. The molecule has 0 saturated carbocycles. The molecule has 0 spiro atoms. The summed E-state index contributed by atoms with van der Waals surface area (Å²) in [6, 6.07) is 8.49. The Kier molecular flexibility index (Phi) is 2.90. The molecule has 0 unspecified atom stereocenters. The molecule has 1 aromatic heterocycles. The molecule has 1 aromatic carbocycles. The zero-order chi connectivity index (χ0) is 12.5. The smallest absolute Gasteiger partial charge is 0.192 e. The molecule has 0 aliphatic rings. The number of alkyl halides is 3. The number of rotatable bonds is 1. The predicted molar refractivity (Wildman–Crippen MR) is 59.5 cm³/mol. The van der Waals surface area contributed by atoms with Gasteiger partial charge >= 0.3 is 6.18 Å². The number of hydrogen-bond donors (Lipinski definition) is 0. The van der Waals surface area contributed by atoms with Crippen LogP contribution in [0, 0.1) is 11.3 Å². The van der Waals surface area contributed by atoms with Gasteiger partial charge in [0, 0.05) is 10.4 Å². The monoisotopic (exact) mass is 253 g/mol. The summed E-state index contributed by atoms with van der Waals surface area (Å²) in [6.07, 6.45) is -4.39. The summed E-state index contributed by atoms with van der Waals surface area (Å²) in [5.41, 5.74) is -0.155. The van der Waals surface area contributed by atoms with Crippen molar-refractivity contribution >= 4 is 11.3 Å². The van der Waals surface area contributed by atoms with Crippen molar-refractivity contribution in [2.24, 2.45) is 0 Å². The molecule has 0 fully saturated rings. The van der Waals surface area contributed by atoms with Crippen molar-refractivity contribution < 1.29 is 13.2 Å². The van der Waals surface area contributed by atoms with Gasteiger partial charge in [0.2, 0.25) is 0 Å². The molecule has 0 saturated heterocycles. The standard InChI is InChI=1S/C12H6F3NS/c13-12(14,15)9-4-3-8(7-16)10(6-9)11-2-1-5-17-11/h1-6H. The van der Waals surface area contributed by atoms with Crippen LogP contribution in [0.5, 0.6) is 0 Å². The highest BCUT2D eigenvalue weighted by Crippen LogP contribution is 2.35. The van der Waals surface area contributed by atoms with Crippen molar-refractivity contribution in [1.82, 2.24) is 0 Å². The lowest BCUT2D eigenvalue weighted by Gasteiger charge is -2.09. The van der Waals surface area contributed by atoms with E-state index in [9.17, 15) is 13.2 Å². The normalized spacial score (nSPS) is 11.2. The van der Waals surface area contributed by atoms with E-state index in [1.807, 2.05) is 6.07 Å². The van der Waals surface area contributed by atoms with E-state index in [2.05, 4.69) is 0 Å². The zero-order valence-corrected chi connectivity index (χ0v) is 9.27. The fourth-order valence-electron chi connectivity index (χ4n) is 1.45. The van der Waals surface area contributed by atoms with Gasteiger partial charge in [0.15, 0.2) is 0 Å². The summed E-state index contributed by atoms with van der Waals surface area (Å²) in [4.78, 5) is 0.660. The summed E-state index contributed by atoms with van der Waals surface area (Å²) >= 11 is 1.31. The van der Waals surface area contributed by atoms with E-state index in [1.54, 1.807) is 17.5 Å². The molecular formula is C12H6F3NS. The molecule has 5 heteroatoms. The SMILES string of the molecule is N#Cc1ccc(C(F)(F)F)cc1-c1cccs1. The van der Waals surface area contributed by atoms with E-state index in [-0.39, 0.29) is 5.56 Å². The Morgan fingerprint density at radius 2 is 1.94 bits per heavy atom. The molecule has 2 aromatic rings. The average molecular weight is 253 g/mol. The topological polar surface area (TPSA) is 23.8 Å². The van der Waals surface area contributed by atoms with E-state index < -0.39 is 11.7 Å². The second-order valence-corrected chi connectivity index (χ2v) is 4.29. The highest BCUT2D eigenvalue weighted by Gasteiger charge is 2.31. The van der Waals surface area contributed by atoms with Crippen molar-refractivity contribution in [3.8, 4) is 16.5 Å². The van der Waals surface area contributed by atoms with Crippen molar-refractivity contribution in [2.45, 2.75) is 6.18 Å². The molecule has 0 atom stereocenters. The van der Waals surface area contributed by atoms with Crippen LogP contribution in [0.3, 0.4) is 0 Å². The van der Waals surface area contributed by atoms with Gasteiger partial charge in [0.05, 0.1) is 17.2 Å². The third-order valence-electron chi connectivity index (χ3n) is 2.25. The van der Waals surface area contributed by atoms with Gasteiger partial charge in [-0.3, -0.25) is 0 Å². The molecule has 0 radical (unpaired) electrons. The van der Waals surface area contributed by atoms with Gasteiger partial charge in [0.1, 0.15) is 0 Å². The largest absolute Gasteiger partial charge is 0.416 e. The van der Waals surface area contributed by atoms with Crippen molar-refractivity contribution in [3.63, 3.8) is 0 Å². The van der Waals surface area contributed by atoms with Crippen LogP contribution in [0.15, 0.2) is 35.7 Å². The highest BCUT2D eigenvalue weighted by molar-refractivity contribution is 7.13. The van der Waals surface area contributed by atoms with Crippen LogP contribution in [-0.2, 0) is 6.18 Å². The van der Waals surface area contributed by atoms with E-state index in [4.69, 9.17) is 5.26 Å². The quantitative estimate of drug-likeness (QED) is 0.743. The van der Waals surface area contributed by atoms with Crippen molar-refractivity contribution in [3.05, 3.63) is 46.8 Å². The second-order valence-electron chi connectivity index (χ2n) is 3.35. The predicted octanol–water partition coefficient (Wildman–Crippen LogP) is 4.31. The Hall–Kier alpha value is -1.80. The molecule has 0 amide bonds. The Balaban J connectivity index is 2.61. The summed E-state index contributed by atoms with van der Waals surface area (Å²) in [5.74, 6) is 0. The lowest BCUT2D eigenvalue weighted by atomic mass is 10.0. The van der Waals surface area contributed by atoms with E-state index in [1.165, 1.54) is 17.4 Å². The Labute approximate surface area is 99.7 Å². The molecule has 86 valence electrons. The van der Waals surface area contributed by atoms with Crippen LogP contribution in [0.2, 0.25) is 0 Å². The van der Waals surface area contributed by atoms with E-state index >= 15 is 0 Å². The van der Waals surface area contributed by atoms with Gasteiger partial charge in [-0.05, 0) is 29.6 Å². The van der Waals surface area contributed by atoms with Gasteiger partial charge < -0.3 is 0 Å². The van der Waals surface area contributed by atoms with Gasteiger partial charge in [0.25, 0.3) is 0 Å². The van der Waals surface area contributed by atoms with Crippen LogP contribution in [0.4, 0.5) is 13.2 Å². The Morgan fingerprint density at radius 3 is 2.47 bits per heavy atom. The maximum Gasteiger partial charge on any atom is 0.416 e. The summed E-state index contributed by atoms with van der Waals surface area (Å²) < 4.78 is 37.7. The summed E-state index contributed by atoms with van der Waals surface area (Å²) in [5, 5.41) is 10.6. The van der Waals surface area contributed by atoms with Crippen LogP contribution < -0.4 is 0 Å². The van der Waals surface area contributed by atoms with Crippen LogP contribution in [-0.4, -0.2) is 0 Å². The molecular weight excluding hydrogens is 247 g/mol. The Morgan fingerprint density at radius 1 is 1.18 bits per heavy atom. The fraction of sp³-hybridized carbons (Fsp3) is 0.0833. The van der Waals surface area contributed by atoms with Crippen LogP contribution in [0.25, 0.3) is 10.4 Å². The first-order valence-corrected chi connectivity index (χ1v) is 5.55. The summed E-state index contributed by atoms with van der Waals surface area (Å²) in [6.45, 7) is 0. The molecule has 0 aliphatic carbocycles. The minimum atomic E-state index is -4.39. The number of halogens is 3. The van der Waals surface area contributed by atoms with Crippen molar-refractivity contribution in [1.29, 1.82) is 5.26 Å². The third-order valence-corrected chi connectivity index (χ3v) is 3.16. The molecule has 2 rings (SSSR count). The van der Waals surface area contributed by atoms with E-state index in [0.717, 1.165) is 12.1 Å². The third kappa shape index (κ3) is 2.32. The molecule has 17 heavy (non-hydrogen) atoms. The maximum absolute atomic E-state index is 12.6. The minimum Gasteiger partial charge on any atom is -0.192 e. The lowest BCUT2D eigenvalue weighted by Crippen LogP contribution is -2.05. The highest BCUT2D eigenvalue weighted by atomic mass is 32.1. The van der Waals surface area contributed by atoms with Gasteiger partial charge in [-0.15, -0.1) is 11.3 Å². The summed E-state index contributed by atoms with van der Waals surface area (Å²) in [7, 11) is 0. The molecule has 0 N–H and O–H groups in total. The molecule has 0 bridgehead atoms. The number of benzene rings is 1.